The predicted molar refractivity (Wildman–Crippen MR) is 94.7 cm³/mol. The van der Waals surface area contributed by atoms with Crippen LogP contribution in [-0.4, -0.2) is 30.6 Å². The second-order valence-electron chi connectivity index (χ2n) is 6.01. The van der Waals surface area contributed by atoms with Crippen molar-refractivity contribution in [2.75, 3.05) is 12.4 Å². The number of likely N-dealkylation sites (N-methyl/N-ethyl adjacent to an activating group) is 1. The molecule has 0 aromatic heterocycles. The van der Waals surface area contributed by atoms with Gasteiger partial charge in [0, 0.05) is 17.4 Å². The van der Waals surface area contributed by atoms with E-state index in [9.17, 15) is 8.42 Å². The first-order valence-corrected chi connectivity index (χ1v) is 10.4. The molecule has 3 nitrogen and oxygen atoms in total. The molecule has 0 amide bonds. The Hall–Kier alpha value is -0.360. The Morgan fingerprint density at radius 2 is 1.77 bits per heavy atom. The summed E-state index contributed by atoms with van der Waals surface area (Å²) in [5.74, 6) is 0. The maximum Gasteiger partial charge on any atom is 0.244 e. The Morgan fingerprint density at radius 1 is 1.18 bits per heavy atom. The third-order valence-corrected chi connectivity index (χ3v) is 7.86. The van der Waals surface area contributed by atoms with Gasteiger partial charge in [0.25, 0.3) is 0 Å². The van der Waals surface area contributed by atoms with Crippen molar-refractivity contribution in [1.29, 1.82) is 0 Å². The normalized spacial score (nSPS) is 24.1. The van der Waals surface area contributed by atoms with Crippen LogP contribution < -0.4 is 0 Å². The van der Waals surface area contributed by atoms with E-state index >= 15 is 0 Å². The fourth-order valence-electron chi connectivity index (χ4n) is 3.79. The first kappa shape index (κ1) is 16.5. The summed E-state index contributed by atoms with van der Waals surface area (Å²) in [6, 6.07) is 7.09. The van der Waals surface area contributed by atoms with Crippen molar-refractivity contribution in [1.82, 2.24) is 4.31 Å². The molecule has 1 aliphatic heterocycles. The molecule has 2 aliphatic rings. The van der Waals surface area contributed by atoms with Crippen LogP contribution in [0.2, 0.25) is 5.02 Å². The molecule has 0 saturated heterocycles. The zero-order chi connectivity index (χ0) is 16.0. The highest BCUT2D eigenvalue weighted by Gasteiger charge is 2.53. The highest BCUT2D eigenvalue weighted by Crippen LogP contribution is 2.51. The molecule has 1 spiro atoms. The Morgan fingerprint density at radius 3 is 2.32 bits per heavy atom. The van der Waals surface area contributed by atoms with Gasteiger partial charge in [0.2, 0.25) is 10.0 Å². The average Bonchev–Trinajstić information content (AvgIpc) is 2.67. The first-order valence-electron chi connectivity index (χ1n) is 7.48. The van der Waals surface area contributed by atoms with Crippen molar-refractivity contribution in [2.24, 2.45) is 0 Å². The van der Waals surface area contributed by atoms with E-state index in [1.165, 1.54) is 6.42 Å². The zero-order valence-corrected chi connectivity index (χ0v) is 15.6. The summed E-state index contributed by atoms with van der Waals surface area (Å²) in [6.45, 7) is 0. The quantitative estimate of drug-likeness (QED) is 0.684. The van der Waals surface area contributed by atoms with Crippen LogP contribution in [0, 0.1) is 0 Å². The molecular weight excluding hydrogens is 386 g/mol. The molecule has 0 atom stereocenters. The van der Waals surface area contributed by atoms with Crippen LogP contribution in [0.25, 0.3) is 4.91 Å². The van der Waals surface area contributed by atoms with Crippen LogP contribution in [0.4, 0.5) is 0 Å². The largest absolute Gasteiger partial charge is 0.244 e. The van der Waals surface area contributed by atoms with E-state index in [0.717, 1.165) is 36.8 Å². The minimum Gasteiger partial charge on any atom is -0.207 e. The number of halogens is 2. The molecule has 6 heteroatoms. The Kier molecular flexibility index (Phi) is 4.45. The minimum atomic E-state index is -3.46. The van der Waals surface area contributed by atoms with E-state index in [1.807, 2.05) is 0 Å². The van der Waals surface area contributed by atoms with Crippen molar-refractivity contribution >= 4 is 42.5 Å². The summed E-state index contributed by atoms with van der Waals surface area (Å²) in [4.78, 5) is 0.463. The second kappa shape index (κ2) is 5.93. The van der Waals surface area contributed by atoms with Crippen molar-refractivity contribution in [2.45, 2.75) is 37.6 Å². The fourth-order valence-corrected chi connectivity index (χ4v) is 6.93. The van der Waals surface area contributed by atoms with Gasteiger partial charge in [-0.1, -0.05) is 58.9 Å². The molecule has 3 rings (SSSR count). The van der Waals surface area contributed by atoms with Crippen molar-refractivity contribution < 1.29 is 8.42 Å². The second-order valence-corrected chi connectivity index (χ2v) is 8.92. The van der Waals surface area contributed by atoms with E-state index in [1.54, 1.807) is 35.6 Å². The average molecular weight is 405 g/mol. The first-order chi connectivity index (χ1) is 10.4. The summed E-state index contributed by atoms with van der Waals surface area (Å²) in [7, 11) is -1.73. The SMILES string of the molecule is CN1C2(CCCCC2)C(CBr)=C(c2ccc(Cl)cc2)S1(=O)=O. The lowest BCUT2D eigenvalue weighted by Crippen LogP contribution is -2.47. The molecule has 1 heterocycles. The highest BCUT2D eigenvalue weighted by molar-refractivity contribution is 9.09. The van der Waals surface area contributed by atoms with Gasteiger partial charge in [0.15, 0.2) is 0 Å². The number of nitrogens with zero attached hydrogens (tertiary/aromatic N) is 1. The van der Waals surface area contributed by atoms with E-state index in [0.29, 0.717) is 15.3 Å². The Bertz CT molecular complexity index is 706. The molecule has 0 radical (unpaired) electrons. The van der Waals surface area contributed by atoms with Gasteiger partial charge < -0.3 is 0 Å². The molecule has 1 aliphatic carbocycles. The fraction of sp³-hybridized carbons (Fsp3) is 0.500. The maximum atomic E-state index is 13.0. The van der Waals surface area contributed by atoms with Crippen molar-refractivity contribution in [3.8, 4) is 0 Å². The summed E-state index contributed by atoms with van der Waals surface area (Å²) >= 11 is 9.49. The molecule has 0 unspecified atom stereocenters. The summed E-state index contributed by atoms with van der Waals surface area (Å²) < 4.78 is 27.7. The van der Waals surface area contributed by atoms with Crippen LogP contribution in [-0.2, 0) is 10.0 Å². The minimum absolute atomic E-state index is 0.352. The van der Waals surface area contributed by atoms with Crippen LogP contribution >= 0.6 is 27.5 Å². The topological polar surface area (TPSA) is 37.4 Å². The van der Waals surface area contributed by atoms with Gasteiger partial charge in [0.05, 0.1) is 10.4 Å². The number of rotatable bonds is 2. The molecule has 0 N–H and O–H groups in total. The Labute approximate surface area is 145 Å². The lowest BCUT2D eigenvalue weighted by atomic mass is 9.76. The van der Waals surface area contributed by atoms with Gasteiger partial charge in [-0.2, -0.15) is 4.31 Å². The lowest BCUT2D eigenvalue weighted by molar-refractivity contribution is 0.201. The molecule has 1 aromatic carbocycles. The Balaban J connectivity index is 2.22. The smallest absolute Gasteiger partial charge is 0.207 e. The van der Waals surface area contributed by atoms with Gasteiger partial charge in [0.1, 0.15) is 0 Å². The van der Waals surface area contributed by atoms with Gasteiger partial charge in [-0.05, 0) is 36.1 Å². The highest BCUT2D eigenvalue weighted by atomic mass is 79.9. The van der Waals surface area contributed by atoms with Gasteiger partial charge in [-0.3, -0.25) is 0 Å². The molecular formula is C16H19BrClNO2S. The lowest BCUT2D eigenvalue weighted by Gasteiger charge is -2.40. The molecule has 0 bridgehead atoms. The number of hydrogen-bond acceptors (Lipinski definition) is 2. The summed E-state index contributed by atoms with van der Waals surface area (Å²) in [5.41, 5.74) is 1.38. The maximum absolute atomic E-state index is 13.0. The number of hydrogen-bond donors (Lipinski definition) is 0. The zero-order valence-electron chi connectivity index (χ0n) is 12.5. The van der Waals surface area contributed by atoms with E-state index in [-0.39, 0.29) is 5.54 Å². The van der Waals surface area contributed by atoms with Crippen LogP contribution in [0.15, 0.2) is 29.8 Å². The van der Waals surface area contributed by atoms with Crippen LogP contribution in [0.1, 0.15) is 37.7 Å². The van der Waals surface area contributed by atoms with E-state index in [4.69, 9.17) is 11.6 Å². The van der Waals surface area contributed by atoms with Crippen molar-refractivity contribution in [3.05, 3.63) is 40.4 Å². The van der Waals surface area contributed by atoms with E-state index in [2.05, 4.69) is 15.9 Å². The molecule has 1 saturated carbocycles. The number of sulfonamides is 1. The summed E-state index contributed by atoms with van der Waals surface area (Å²) in [5, 5.41) is 1.19. The standard InChI is InChI=1S/C16H19BrClNO2S/c1-19-16(9-3-2-4-10-16)14(11-17)15(22(19,20)21)12-5-7-13(18)8-6-12/h5-8H,2-4,9-11H2,1H3. The molecule has 1 fully saturated rings. The molecule has 120 valence electrons. The van der Waals surface area contributed by atoms with Gasteiger partial charge in [-0.25, -0.2) is 8.42 Å². The summed E-state index contributed by atoms with van der Waals surface area (Å²) in [6.07, 6.45) is 5.14. The third-order valence-electron chi connectivity index (χ3n) is 4.98. The van der Waals surface area contributed by atoms with Crippen LogP contribution in [0.3, 0.4) is 0 Å². The van der Waals surface area contributed by atoms with E-state index < -0.39 is 10.0 Å². The monoisotopic (exact) mass is 403 g/mol. The predicted octanol–water partition coefficient (Wildman–Crippen LogP) is 4.42. The van der Waals surface area contributed by atoms with Gasteiger partial charge in [-0.15, -0.1) is 0 Å². The molecule has 1 aromatic rings. The third kappa shape index (κ3) is 2.37. The van der Waals surface area contributed by atoms with Gasteiger partial charge >= 0.3 is 0 Å². The number of benzene rings is 1. The van der Waals surface area contributed by atoms with Crippen molar-refractivity contribution in [3.63, 3.8) is 0 Å². The molecule has 22 heavy (non-hydrogen) atoms. The number of alkyl halides is 1. The van der Waals surface area contributed by atoms with Crippen LogP contribution in [0.5, 0.6) is 0 Å².